The summed E-state index contributed by atoms with van der Waals surface area (Å²) in [5.41, 5.74) is 3.52. The van der Waals surface area contributed by atoms with Gasteiger partial charge in [0.25, 0.3) is 5.91 Å². The van der Waals surface area contributed by atoms with Gasteiger partial charge in [-0.05, 0) is 54.4 Å². The minimum atomic E-state index is -0.316. The van der Waals surface area contributed by atoms with E-state index in [-0.39, 0.29) is 17.2 Å². The van der Waals surface area contributed by atoms with Crippen LogP contribution in [0.3, 0.4) is 0 Å². The average molecular weight is 347 g/mol. The van der Waals surface area contributed by atoms with Crippen LogP contribution in [0.15, 0.2) is 40.9 Å². The Morgan fingerprint density at radius 2 is 2.05 bits per heavy atom. The lowest BCUT2D eigenvalue weighted by molar-refractivity contribution is 0.102. The van der Waals surface area contributed by atoms with Crippen LogP contribution in [-0.4, -0.2) is 17.6 Å². The van der Waals surface area contributed by atoms with E-state index in [1.54, 1.807) is 12.1 Å². The number of benzene rings is 2. The SMILES string of the molecule is O=C(Nc1ccc2c(c1)CNCC2)c1ccc(Br)cc1O. The summed E-state index contributed by atoms with van der Waals surface area (Å²) in [6.45, 7) is 1.81. The summed E-state index contributed by atoms with van der Waals surface area (Å²) in [7, 11) is 0. The number of nitrogens with one attached hydrogen (secondary N) is 2. The minimum Gasteiger partial charge on any atom is -0.507 e. The third kappa shape index (κ3) is 3.09. The number of halogens is 1. The van der Waals surface area contributed by atoms with Crippen molar-refractivity contribution in [2.75, 3.05) is 11.9 Å². The summed E-state index contributed by atoms with van der Waals surface area (Å²) >= 11 is 3.25. The molecule has 0 saturated heterocycles. The number of aromatic hydroxyl groups is 1. The molecule has 1 amide bonds. The molecule has 0 saturated carbocycles. The fourth-order valence-electron chi connectivity index (χ4n) is 2.45. The Bertz CT molecular complexity index is 701. The number of phenols is 1. The predicted molar refractivity (Wildman–Crippen MR) is 85.6 cm³/mol. The summed E-state index contributed by atoms with van der Waals surface area (Å²) in [6, 6.07) is 10.8. The van der Waals surface area contributed by atoms with E-state index in [1.165, 1.54) is 17.2 Å². The van der Waals surface area contributed by atoms with Gasteiger partial charge in [-0.15, -0.1) is 0 Å². The van der Waals surface area contributed by atoms with Gasteiger partial charge in [0, 0.05) is 16.7 Å². The standard InChI is InChI=1S/C16H15BrN2O2/c17-12-2-4-14(15(20)8-12)16(21)19-13-3-1-10-5-6-18-9-11(10)7-13/h1-4,7-8,18,20H,5-6,9H2,(H,19,21). The number of anilines is 1. The number of amides is 1. The fraction of sp³-hybridized carbons (Fsp3) is 0.188. The summed E-state index contributed by atoms with van der Waals surface area (Å²) in [5.74, 6) is -0.356. The van der Waals surface area contributed by atoms with Gasteiger partial charge in [0.2, 0.25) is 0 Å². The van der Waals surface area contributed by atoms with Crippen LogP contribution in [0.5, 0.6) is 5.75 Å². The number of rotatable bonds is 2. The summed E-state index contributed by atoms with van der Waals surface area (Å²) in [4.78, 5) is 12.2. The third-order valence-corrected chi connectivity index (χ3v) is 4.05. The van der Waals surface area contributed by atoms with Crippen LogP contribution < -0.4 is 10.6 Å². The van der Waals surface area contributed by atoms with E-state index in [2.05, 4.69) is 26.6 Å². The van der Waals surface area contributed by atoms with Crippen LogP contribution in [0.25, 0.3) is 0 Å². The van der Waals surface area contributed by atoms with E-state index in [0.29, 0.717) is 0 Å². The highest BCUT2D eigenvalue weighted by atomic mass is 79.9. The fourth-order valence-corrected chi connectivity index (χ4v) is 2.80. The van der Waals surface area contributed by atoms with E-state index in [4.69, 9.17) is 0 Å². The van der Waals surface area contributed by atoms with Gasteiger partial charge in [0.05, 0.1) is 5.56 Å². The molecule has 2 aromatic rings. The maximum absolute atomic E-state index is 12.2. The molecule has 21 heavy (non-hydrogen) atoms. The summed E-state index contributed by atoms with van der Waals surface area (Å²) in [6.07, 6.45) is 1.01. The first-order valence-corrected chi connectivity index (χ1v) is 7.55. The molecule has 0 atom stereocenters. The van der Waals surface area contributed by atoms with Crippen LogP contribution in [-0.2, 0) is 13.0 Å². The number of hydrogen-bond donors (Lipinski definition) is 3. The van der Waals surface area contributed by atoms with Gasteiger partial charge in [0.1, 0.15) is 5.75 Å². The van der Waals surface area contributed by atoms with E-state index in [0.717, 1.165) is 29.7 Å². The zero-order chi connectivity index (χ0) is 14.8. The second-order valence-electron chi connectivity index (χ2n) is 5.03. The van der Waals surface area contributed by atoms with Crippen LogP contribution in [0, 0.1) is 0 Å². The Morgan fingerprint density at radius 3 is 2.86 bits per heavy atom. The van der Waals surface area contributed by atoms with Crippen molar-refractivity contribution in [3.05, 3.63) is 57.6 Å². The lowest BCUT2D eigenvalue weighted by Gasteiger charge is -2.18. The molecule has 1 aliphatic rings. The molecule has 108 valence electrons. The predicted octanol–water partition coefficient (Wildman–Crippen LogP) is 3.05. The molecule has 0 aromatic heterocycles. The van der Waals surface area contributed by atoms with E-state index in [9.17, 15) is 9.90 Å². The highest BCUT2D eigenvalue weighted by Crippen LogP contribution is 2.24. The number of hydrogen-bond acceptors (Lipinski definition) is 3. The first-order chi connectivity index (χ1) is 10.1. The molecule has 1 heterocycles. The highest BCUT2D eigenvalue weighted by Gasteiger charge is 2.13. The van der Waals surface area contributed by atoms with Crippen LogP contribution in [0.2, 0.25) is 0 Å². The van der Waals surface area contributed by atoms with Crippen molar-refractivity contribution >= 4 is 27.5 Å². The molecular weight excluding hydrogens is 332 g/mol. The Kier molecular flexibility index (Phi) is 3.94. The molecule has 0 bridgehead atoms. The summed E-state index contributed by atoms with van der Waals surface area (Å²) in [5, 5.41) is 16.0. The van der Waals surface area contributed by atoms with Crippen molar-refractivity contribution in [3.63, 3.8) is 0 Å². The Labute approximate surface area is 131 Å². The van der Waals surface area contributed by atoms with Gasteiger partial charge >= 0.3 is 0 Å². The van der Waals surface area contributed by atoms with Crippen LogP contribution in [0.1, 0.15) is 21.5 Å². The molecule has 2 aromatic carbocycles. The quantitative estimate of drug-likeness (QED) is 0.783. The number of phenolic OH excluding ortho intramolecular Hbond substituents is 1. The zero-order valence-corrected chi connectivity index (χ0v) is 12.9. The van der Waals surface area contributed by atoms with Gasteiger partial charge in [-0.25, -0.2) is 0 Å². The molecule has 0 aliphatic carbocycles. The Morgan fingerprint density at radius 1 is 1.19 bits per heavy atom. The van der Waals surface area contributed by atoms with E-state index < -0.39 is 0 Å². The smallest absolute Gasteiger partial charge is 0.259 e. The Balaban J connectivity index is 1.81. The first-order valence-electron chi connectivity index (χ1n) is 6.76. The maximum Gasteiger partial charge on any atom is 0.259 e. The maximum atomic E-state index is 12.2. The molecule has 0 spiro atoms. The minimum absolute atomic E-state index is 0.0403. The molecule has 3 rings (SSSR count). The molecule has 0 radical (unpaired) electrons. The first kappa shape index (κ1) is 14.1. The highest BCUT2D eigenvalue weighted by molar-refractivity contribution is 9.10. The van der Waals surface area contributed by atoms with Crippen molar-refractivity contribution in [3.8, 4) is 5.75 Å². The lowest BCUT2D eigenvalue weighted by atomic mass is 10.0. The van der Waals surface area contributed by atoms with E-state index in [1.807, 2.05) is 18.2 Å². The van der Waals surface area contributed by atoms with Crippen molar-refractivity contribution < 1.29 is 9.90 Å². The molecule has 0 unspecified atom stereocenters. The molecule has 5 heteroatoms. The van der Waals surface area contributed by atoms with Crippen molar-refractivity contribution in [2.45, 2.75) is 13.0 Å². The number of carbonyl (C=O) groups is 1. The topological polar surface area (TPSA) is 61.4 Å². The van der Waals surface area contributed by atoms with E-state index >= 15 is 0 Å². The third-order valence-electron chi connectivity index (χ3n) is 3.56. The van der Waals surface area contributed by atoms with Gasteiger partial charge in [-0.1, -0.05) is 22.0 Å². The summed E-state index contributed by atoms with van der Waals surface area (Å²) < 4.78 is 0.733. The molecule has 1 aliphatic heterocycles. The second-order valence-corrected chi connectivity index (χ2v) is 5.94. The van der Waals surface area contributed by atoms with Gasteiger partial charge in [-0.3, -0.25) is 4.79 Å². The normalized spacial score (nSPS) is 13.6. The van der Waals surface area contributed by atoms with Gasteiger partial charge in [0.15, 0.2) is 0 Å². The zero-order valence-electron chi connectivity index (χ0n) is 11.3. The van der Waals surface area contributed by atoms with Crippen LogP contribution >= 0.6 is 15.9 Å². The average Bonchev–Trinajstić information content (AvgIpc) is 2.47. The second kappa shape index (κ2) is 5.87. The molecular formula is C16H15BrN2O2. The number of carbonyl (C=O) groups excluding carboxylic acids is 1. The lowest BCUT2D eigenvalue weighted by Crippen LogP contribution is -2.23. The van der Waals surface area contributed by atoms with Gasteiger partial charge < -0.3 is 15.7 Å². The largest absolute Gasteiger partial charge is 0.507 e. The monoisotopic (exact) mass is 346 g/mol. The molecule has 0 fully saturated rings. The number of fused-ring (bicyclic) bond motifs is 1. The van der Waals surface area contributed by atoms with Crippen molar-refractivity contribution in [1.29, 1.82) is 0 Å². The van der Waals surface area contributed by atoms with Gasteiger partial charge in [-0.2, -0.15) is 0 Å². The Hall–Kier alpha value is -1.85. The van der Waals surface area contributed by atoms with Crippen LogP contribution in [0.4, 0.5) is 5.69 Å². The molecule has 4 nitrogen and oxygen atoms in total. The van der Waals surface area contributed by atoms with Crippen molar-refractivity contribution in [1.82, 2.24) is 5.32 Å². The van der Waals surface area contributed by atoms with Crippen molar-refractivity contribution in [2.24, 2.45) is 0 Å². The molecule has 3 N–H and O–H groups in total.